The molecule has 122 valence electrons. The topological polar surface area (TPSA) is 68.0 Å². The first-order valence-corrected chi connectivity index (χ1v) is 7.87. The lowest BCUT2D eigenvalue weighted by atomic mass is 10.1. The molecule has 5 heteroatoms. The average Bonchev–Trinajstić information content (AvgIpc) is 3.05. The molecule has 1 heterocycles. The first-order valence-electron chi connectivity index (χ1n) is 7.87. The first-order chi connectivity index (χ1) is 11.6. The Kier molecular flexibility index (Phi) is 4.70. The Balaban J connectivity index is 1.58. The summed E-state index contributed by atoms with van der Waals surface area (Å²) in [6.45, 7) is 4.01. The third-order valence-electron chi connectivity index (χ3n) is 3.72. The molecule has 2 aromatic carbocycles. The molecular formula is C19H19N3O2. The van der Waals surface area contributed by atoms with Crippen molar-refractivity contribution < 1.29 is 9.32 Å². The van der Waals surface area contributed by atoms with Crippen LogP contribution in [0.15, 0.2) is 53.1 Å². The van der Waals surface area contributed by atoms with E-state index in [1.165, 1.54) is 5.56 Å². The van der Waals surface area contributed by atoms with Crippen molar-refractivity contribution in [2.24, 2.45) is 0 Å². The summed E-state index contributed by atoms with van der Waals surface area (Å²) >= 11 is 0. The van der Waals surface area contributed by atoms with Gasteiger partial charge in [0.15, 0.2) is 0 Å². The number of amides is 1. The highest BCUT2D eigenvalue weighted by Gasteiger charge is 2.11. The van der Waals surface area contributed by atoms with Crippen LogP contribution in [0.2, 0.25) is 0 Å². The Hall–Kier alpha value is -2.95. The minimum atomic E-state index is -0.0681. The molecule has 0 saturated carbocycles. The van der Waals surface area contributed by atoms with Crippen LogP contribution in [-0.2, 0) is 11.2 Å². The second kappa shape index (κ2) is 7.08. The number of nitrogens with one attached hydrogen (secondary N) is 1. The van der Waals surface area contributed by atoms with Crippen molar-refractivity contribution in [2.75, 3.05) is 5.32 Å². The molecular weight excluding hydrogens is 302 g/mol. The van der Waals surface area contributed by atoms with Gasteiger partial charge in [-0.15, -0.1) is 0 Å². The van der Waals surface area contributed by atoms with Gasteiger partial charge in [-0.05, 0) is 25.5 Å². The SMILES string of the molecule is Cc1ccc(NC(=O)CCc2nc(-c3ccccc3)no2)c(C)c1. The van der Waals surface area contributed by atoms with Gasteiger partial charge >= 0.3 is 0 Å². The van der Waals surface area contributed by atoms with Crippen LogP contribution < -0.4 is 5.32 Å². The van der Waals surface area contributed by atoms with Gasteiger partial charge < -0.3 is 9.84 Å². The zero-order chi connectivity index (χ0) is 16.9. The Bertz CT molecular complexity index is 841. The van der Waals surface area contributed by atoms with Gasteiger partial charge in [-0.25, -0.2) is 0 Å². The van der Waals surface area contributed by atoms with Crippen molar-refractivity contribution in [3.8, 4) is 11.4 Å². The highest BCUT2D eigenvalue weighted by atomic mass is 16.5. The number of hydrogen-bond donors (Lipinski definition) is 1. The van der Waals surface area contributed by atoms with Crippen LogP contribution in [0.3, 0.4) is 0 Å². The predicted molar refractivity (Wildman–Crippen MR) is 92.6 cm³/mol. The molecule has 0 aliphatic heterocycles. The predicted octanol–water partition coefficient (Wildman–Crippen LogP) is 3.92. The van der Waals surface area contributed by atoms with Gasteiger partial charge in [-0.3, -0.25) is 4.79 Å². The van der Waals surface area contributed by atoms with Crippen LogP contribution in [0.25, 0.3) is 11.4 Å². The summed E-state index contributed by atoms with van der Waals surface area (Å²) in [5, 5.41) is 6.87. The Morgan fingerprint density at radius 1 is 1.12 bits per heavy atom. The van der Waals surface area contributed by atoms with Crippen LogP contribution in [-0.4, -0.2) is 16.0 Å². The number of anilines is 1. The van der Waals surface area contributed by atoms with Crippen molar-refractivity contribution in [1.29, 1.82) is 0 Å². The normalized spacial score (nSPS) is 10.6. The highest BCUT2D eigenvalue weighted by Crippen LogP contribution is 2.17. The standard InChI is InChI=1S/C19H19N3O2/c1-13-8-9-16(14(2)12-13)20-17(23)10-11-18-21-19(22-24-18)15-6-4-3-5-7-15/h3-9,12H,10-11H2,1-2H3,(H,20,23). The summed E-state index contributed by atoms with van der Waals surface area (Å²) in [5.74, 6) is 0.937. The zero-order valence-corrected chi connectivity index (χ0v) is 13.7. The fourth-order valence-electron chi connectivity index (χ4n) is 2.45. The van der Waals surface area contributed by atoms with Gasteiger partial charge in [-0.2, -0.15) is 4.98 Å². The molecule has 1 amide bonds. The summed E-state index contributed by atoms with van der Waals surface area (Å²) in [4.78, 5) is 16.4. The molecule has 0 spiro atoms. The smallest absolute Gasteiger partial charge is 0.227 e. The maximum absolute atomic E-state index is 12.1. The number of rotatable bonds is 5. The summed E-state index contributed by atoms with van der Waals surface area (Å²) in [5.41, 5.74) is 3.95. The second-order valence-electron chi connectivity index (χ2n) is 5.74. The number of carbonyl (C=O) groups excluding carboxylic acids is 1. The second-order valence-corrected chi connectivity index (χ2v) is 5.74. The third-order valence-corrected chi connectivity index (χ3v) is 3.72. The van der Waals surface area contributed by atoms with Crippen LogP contribution in [0.4, 0.5) is 5.69 Å². The number of nitrogens with zero attached hydrogens (tertiary/aromatic N) is 2. The fourth-order valence-corrected chi connectivity index (χ4v) is 2.45. The van der Waals surface area contributed by atoms with Gasteiger partial charge in [0.25, 0.3) is 0 Å². The lowest BCUT2D eigenvalue weighted by Crippen LogP contribution is -2.13. The quantitative estimate of drug-likeness (QED) is 0.773. The fraction of sp³-hybridized carbons (Fsp3) is 0.211. The van der Waals surface area contributed by atoms with Crippen molar-refractivity contribution in [3.05, 3.63) is 65.5 Å². The van der Waals surface area contributed by atoms with E-state index in [-0.39, 0.29) is 5.91 Å². The molecule has 1 N–H and O–H groups in total. The van der Waals surface area contributed by atoms with E-state index in [1.807, 2.05) is 62.4 Å². The molecule has 5 nitrogen and oxygen atoms in total. The number of aryl methyl sites for hydroxylation is 3. The zero-order valence-electron chi connectivity index (χ0n) is 13.7. The number of benzene rings is 2. The summed E-state index contributed by atoms with van der Waals surface area (Å²) < 4.78 is 5.22. The highest BCUT2D eigenvalue weighted by molar-refractivity contribution is 5.91. The minimum absolute atomic E-state index is 0.0681. The van der Waals surface area contributed by atoms with E-state index in [0.717, 1.165) is 16.8 Å². The lowest BCUT2D eigenvalue weighted by molar-refractivity contribution is -0.116. The third kappa shape index (κ3) is 3.87. The molecule has 0 aliphatic carbocycles. The van der Waals surface area contributed by atoms with Crippen molar-refractivity contribution in [1.82, 2.24) is 10.1 Å². The van der Waals surface area contributed by atoms with E-state index in [2.05, 4.69) is 15.5 Å². The minimum Gasteiger partial charge on any atom is -0.339 e. The largest absolute Gasteiger partial charge is 0.339 e. The molecule has 1 aromatic heterocycles. The molecule has 0 atom stereocenters. The maximum Gasteiger partial charge on any atom is 0.227 e. The van der Waals surface area contributed by atoms with E-state index in [4.69, 9.17) is 4.52 Å². The summed E-state index contributed by atoms with van der Waals surface area (Å²) in [7, 11) is 0. The molecule has 0 fully saturated rings. The number of aromatic nitrogens is 2. The Labute approximate surface area is 140 Å². The average molecular weight is 321 g/mol. The van der Waals surface area contributed by atoms with E-state index < -0.39 is 0 Å². The molecule has 3 rings (SSSR count). The molecule has 0 radical (unpaired) electrons. The number of carbonyl (C=O) groups is 1. The lowest BCUT2D eigenvalue weighted by Gasteiger charge is -2.08. The summed E-state index contributed by atoms with van der Waals surface area (Å²) in [6.07, 6.45) is 0.709. The van der Waals surface area contributed by atoms with Crippen molar-refractivity contribution >= 4 is 11.6 Å². The van der Waals surface area contributed by atoms with Crippen LogP contribution in [0, 0.1) is 13.8 Å². The van der Waals surface area contributed by atoms with Crippen molar-refractivity contribution in [3.63, 3.8) is 0 Å². The van der Waals surface area contributed by atoms with E-state index in [0.29, 0.717) is 24.6 Å². The van der Waals surface area contributed by atoms with E-state index in [1.54, 1.807) is 0 Å². The molecule has 24 heavy (non-hydrogen) atoms. The number of hydrogen-bond acceptors (Lipinski definition) is 4. The molecule has 3 aromatic rings. The molecule has 0 saturated heterocycles. The van der Waals surface area contributed by atoms with E-state index in [9.17, 15) is 4.79 Å². The Morgan fingerprint density at radius 3 is 2.67 bits per heavy atom. The molecule has 0 bridgehead atoms. The van der Waals surface area contributed by atoms with Gasteiger partial charge in [0.1, 0.15) is 0 Å². The molecule has 0 unspecified atom stereocenters. The molecule has 0 aliphatic rings. The van der Waals surface area contributed by atoms with Crippen LogP contribution in [0.5, 0.6) is 0 Å². The first kappa shape index (κ1) is 15.9. The van der Waals surface area contributed by atoms with Crippen LogP contribution in [0.1, 0.15) is 23.4 Å². The Morgan fingerprint density at radius 2 is 1.92 bits per heavy atom. The van der Waals surface area contributed by atoms with Gasteiger partial charge in [0.2, 0.25) is 17.6 Å². The van der Waals surface area contributed by atoms with Crippen LogP contribution >= 0.6 is 0 Å². The summed E-state index contributed by atoms with van der Waals surface area (Å²) in [6, 6.07) is 15.5. The van der Waals surface area contributed by atoms with Gasteiger partial charge in [0, 0.05) is 24.1 Å². The van der Waals surface area contributed by atoms with Gasteiger partial charge in [-0.1, -0.05) is 53.2 Å². The monoisotopic (exact) mass is 321 g/mol. The van der Waals surface area contributed by atoms with Crippen molar-refractivity contribution in [2.45, 2.75) is 26.7 Å². The van der Waals surface area contributed by atoms with E-state index >= 15 is 0 Å². The maximum atomic E-state index is 12.1. The van der Waals surface area contributed by atoms with Gasteiger partial charge in [0.05, 0.1) is 0 Å².